The van der Waals surface area contributed by atoms with Gasteiger partial charge in [0.15, 0.2) is 17.3 Å². The van der Waals surface area contributed by atoms with Crippen molar-refractivity contribution in [2.75, 3.05) is 13.2 Å². The molecule has 0 N–H and O–H groups in total. The first-order chi connectivity index (χ1) is 8.76. The van der Waals surface area contributed by atoms with E-state index in [1.807, 2.05) is 12.1 Å². The third kappa shape index (κ3) is 2.66. The molecule has 1 aromatic rings. The second kappa shape index (κ2) is 5.89. The van der Waals surface area contributed by atoms with Crippen molar-refractivity contribution >= 4 is 5.78 Å². The lowest BCUT2D eigenvalue weighted by atomic mass is 10.1. The molecule has 0 bridgehead atoms. The van der Waals surface area contributed by atoms with Crippen molar-refractivity contribution in [1.82, 2.24) is 0 Å². The highest BCUT2D eigenvalue weighted by Crippen LogP contribution is 2.35. The Kier molecular flexibility index (Phi) is 4.24. The van der Waals surface area contributed by atoms with Gasteiger partial charge in [-0.1, -0.05) is 13.8 Å². The van der Waals surface area contributed by atoms with Crippen LogP contribution in [0.25, 0.3) is 0 Å². The molecule has 1 aliphatic rings. The lowest BCUT2D eigenvalue weighted by Gasteiger charge is -2.13. The summed E-state index contributed by atoms with van der Waals surface area (Å²) in [6, 6.07) is 3.83. The Bertz CT molecular complexity index is 438. The lowest BCUT2D eigenvalue weighted by Crippen LogP contribution is -2.03. The number of Topliss-reactive ketones (excluding diaryl/α,β-unsaturated/α-hetero) is 1. The molecule has 0 saturated carbocycles. The van der Waals surface area contributed by atoms with Crippen LogP contribution >= 0.6 is 0 Å². The standard InChI is InChI=1S/C15H20O3/c1-3-7-17-14-9-11-5-6-13(16)12(11)10-15(14)18-8-4-2/h9-10H,3-8H2,1-2H3. The summed E-state index contributed by atoms with van der Waals surface area (Å²) in [7, 11) is 0. The van der Waals surface area contributed by atoms with Gasteiger partial charge in [0.05, 0.1) is 13.2 Å². The minimum Gasteiger partial charge on any atom is -0.490 e. The highest BCUT2D eigenvalue weighted by atomic mass is 16.5. The van der Waals surface area contributed by atoms with Crippen molar-refractivity contribution in [2.24, 2.45) is 0 Å². The third-order valence-corrected chi connectivity index (χ3v) is 3.01. The predicted octanol–water partition coefficient (Wildman–Crippen LogP) is 3.39. The maximum absolute atomic E-state index is 11.7. The van der Waals surface area contributed by atoms with Crippen LogP contribution in [0, 0.1) is 0 Å². The zero-order valence-electron chi connectivity index (χ0n) is 11.1. The van der Waals surface area contributed by atoms with Gasteiger partial charge in [0.25, 0.3) is 0 Å². The normalized spacial score (nSPS) is 13.6. The van der Waals surface area contributed by atoms with Crippen molar-refractivity contribution in [1.29, 1.82) is 0 Å². The van der Waals surface area contributed by atoms with Crippen LogP contribution in [0.15, 0.2) is 12.1 Å². The first kappa shape index (κ1) is 12.9. The largest absolute Gasteiger partial charge is 0.490 e. The molecule has 98 valence electrons. The molecule has 3 nitrogen and oxygen atoms in total. The van der Waals surface area contributed by atoms with E-state index in [4.69, 9.17) is 9.47 Å². The molecule has 18 heavy (non-hydrogen) atoms. The molecule has 0 spiro atoms. The molecule has 0 radical (unpaired) electrons. The van der Waals surface area contributed by atoms with Crippen molar-refractivity contribution in [3.05, 3.63) is 23.3 Å². The predicted molar refractivity (Wildman–Crippen MR) is 70.7 cm³/mol. The molecular weight excluding hydrogens is 228 g/mol. The van der Waals surface area contributed by atoms with Gasteiger partial charge in [-0.25, -0.2) is 0 Å². The molecule has 0 aliphatic heterocycles. The van der Waals surface area contributed by atoms with E-state index < -0.39 is 0 Å². The van der Waals surface area contributed by atoms with E-state index in [0.717, 1.165) is 36.1 Å². The third-order valence-electron chi connectivity index (χ3n) is 3.01. The van der Waals surface area contributed by atoms with E-state index in [1.165, 1.54) is 0 Å². The smallest absolute Gasteiger partial charge is 0.163 e. The van der Waals surface area contributed by atoms with E-state index in [0.29, 0.717) is 25.4 Å². The zero-order valence-corrected chi connectivity index (χ0v) is 11.1. The molecule has 1 aromatic carbocycles. The summed E-state index contributed by atoms with van der Waals surface area (Å²) in [5.74, 6) is 1.70. The molecule has 1 aliphatic carbocycles. The summed E-state index contributed by atoms with van der Waals surface area (Å²) < 4.78 is 11.4. The number of carbonyl (C=O) groups is 1. The number of ketones is 1. The van der Waals surface area contributed by atoms with Gasteiger partial charge >= 0.3 is 0 Å². The fourth-order valence-corrected chi connectivity index (χ4v) is 2.10. The second-order valence-electron chi connectivity index (χ2n) is 4.58. The SMILES string of the molecule is CCCOc1cc2c(cc1OCCC)C(=O)CC2. The zero-order chi connectivity index (χ0) is 13.0. The Morgan fingerprint density at radius 1 is 1.00 bits per heavy atom. The van der Waals surface area contributed by atoms with Gasteiger partial charge in [0.1, 0.15) is 0 Å². The summed E-state index contributed by atoms with van der Waals surface area (Å²) in [6.45, 7) is 5.46. The number of ether oxygens (including phenoxy) is 2. The first-order valence-electron chi connectivity index (χ1n) is 6.72. The fraction of sp³-hybridized carbons (Fsp3) is 0.533. The Morgan fingerprint density at radius 3 is 2.22 bits per heavy atom. The van der Waals surface area contributed by atoms with Crippen LogP contribution in [0.5, 0.6) is 11.5 Å². The fourth-order valence-electron chi connectivity index (χ4n) is 2.10. The highest BCUT2D eigenvalue weighted by Gasteiger charge is 2.22. The van der Waals surface area contributed by atoms with E-state index in [1.54, 1.807) is 0 Å². The van der Waals surface area contributed by atoms with Crippen LogP contribution in [0.4, 0.5) is 0 Å². The van der Waals surface area contributed by atoms with Gasteiger partial charge < -0.3 is 9.47 Å². The summed E-state index contributed by atoms with van der Waals surface area (Å²) in [5, 5.41) is 0. The van der Waals surface area contributed by atoms with Crippen molar-refractivity contribution in [3.63, 3.8) is 0 Å². The van der Waals surface area contributed by atoms with Crippen molar-refractivity contribution in [3.8, 4) is 11.5 Å². The van der Waals surface area contributed by atoms with Gasteiger partial charge in [-0.05, 0) is 37.0 Å². The van der Waals surface area contributed by atoms with Gasteiger partial charge in [0.2, 0.25) is 0 Å². The molecule has 3 heteroatoms. The van der Waals surface area contributed by atoms with Crippen LogP contribution in [-0.4, -0.2) is 19.0 Å². The Morgan fingerprint density at radius 2 is 1.61 bits per heavy atom. The number of rotatable bonds is 6. The van der Waals surface area contributed by atoms with Gasteiger partial charge in [-0.2, -0.15) is 0 Å². The molecule has 0 heterocycles. The van der Waals surface area contributed by atoms with Crippen molar-refractivity contribution in [2.45, 2.75) is 39.5 Å². The summed E-state index contributed by atoms with van der Waals surface area (Å²) in [4.78, 5) is 11.7. The van der Waals surface area contributed by atoms with E-state index in [9.17, 15) is 4.79 Å². The molecule has 0 aromatic heterocycles. The van der Waals surface area contributed by atoms with Crippen LogP contribution in [-0.2, 0) is 6.42 Å². The van der Waals surface area contributed by atoms with Crippen molar-refractivity contribution < 1.29 is 14.3 Å². The Labute approximate surface area is 108 Å². The molecule has 0 unspecified atom stereocenters. The molecule has 0 fully saturated rings. The summed E-state index contributed by atoms with van der Waals surface area (Å²) >= 11 is 0. The molecule has 2 rings (SSSR count). The lowest BCUT2D eigenvalue weighted by molar-refractivity contribution is 0.0994. The molecule has 0 amide bonds. The first-order valence-corrected chi connectivity index (χ1v) is 6.72. The Balaban J connectivity index is 2.28. The monoisotopic (exact) mass is 248 g/mol. The number of benzene rings is 1. The quantitative estimate of drug-likeness (QED) is 0.774. The number of aryl methyl sites for hydroxylation is 1. The van der Waals surface area contributed by atoms with Gasteiger partial charge in [-0.15, -0.1) is 0 Å². The maximum atomic E-state index is 11.7. The number of carbonyl (C=O) groups excluding carboxylic acids is 1. The van der Waals surface area contributed by atoms with Crippen LogP contribution in [0.3, 0.4) is 0 Å². The van der Waals surface area contributed by atoms with E-state index >= 15 is 0 Å². The summed E-state index contributed by atoms with van der Waals surface area (Å²) in [6.07, 6.45) is 3.34. The Hall–Kier alpha value is -1.51. The second-order valence-corrected chi connectivity index (χ2v) is 4.58. The average Bonchev–Trinajstić information content (AvgIpc) is 2.74. The van der Waals surface area contributed by atoms with Crippen LogP contribution in [0.1, 0.15) is 49.0 Å². The molecular formula is C15H20O3. The van der Waals surface area contributed by atoms with E-state index in [2.05, 4.69) is 13.8 Å². The highest BCUT2D eigenvalue weighted by molar-refractivity contribution is 6.01. The number of fused-ring (bicyclic) bond motifs is 1. The van der Waals surface area contributed by atoms with Gasteiger partial charge in [-0.3, -0.25) is 4.79 Å². The van der Waals surface area contributed by atoms with Crippen LogP contribution in [0.2, 0.25) is 0 Å². The maximum Gasteiger partial charge on any atom is 0.163 e. The molecule has 0 atom stereocenters. The minimum absolute atomic E-state index is 0.216. The van der Waals surface area contributed by atoms with Crippen LogP contribution < -0.4 is 9.47 Å². The topological polar surface area (TPSA) is 35.5 Å². The molecule has 0 saturated heterocycles. The number of hydrogen-bond donors (Lipinski definition) is 0. The summed E-state index contributed by atoms with van der Waals surface area (Å²) in [5.41, 5.74) is 1.90. The van der Waals surface area contributed by atoms with Gasteiger partial charge in [0, 0.05) is 12.0 Å². The average molecular weight is 248 g/mol. The number of hydrogen-bond acceptors (Lipinski definition) is 3. The van der Waals surface area contributed by atoms with E-state index in [-0.39, 0.29) is 5.78 Å². The minimum atomic E-state index is 0.216.